The summed E-state index contributed by atoms with van der Waals surface area (Å²) in [6, 6.07) is 0. The first-order chi connectivity index (χ1) is 12.1. The largest absolute Gasteiger partial charge is 0.355 e. The smallest absolute Gasteiger partial charge is 0.234 e. The van der Waals surface area contributed by atoms with Gasteiger partial charge in [-0.05, 0) is 38.8 Å². The van der Waals surface area contributed by atoms with Crippen molar-refractivity contribution in [3.05, 3.63) is 0 Å². The lowest BCUT2D eigenvalue weighted by Gasteiger charge is -2.33. The van der Waals surface area contributed by atoms with Crippen molar-refractivity contribution >= 4 is 17.7 Å². The van der Waals surface area contributed by atoms with Crippen molar-refractivity contribution in [3.8, 4) is 0 Å². The van der Waals surface area contributed by atoms with Crippen LogP contribution in [-0.2, 0) is 14.4 Å². The Kier molecular flexibility index (Phi) is 8.18. The van der Waals surface area contributed by atoms with Crippen LogP contribution in [-0.4, -0.2) is 73.3 Å². The summed E-state index contributed by atoms with van der Waals surface area (Å²) < 4.78 is 0. The fourth-order valence-corrected chi connectivity index (χ4v) is 3.59. The molecule has 2 heterocycles. The normalized spacial score (nSPS) is 20.0. The number of likely N-dealkylation sites (tertiary alicyclic amines) is 2. The van der Waals surface area contributed by atoms with E-state index in [0.717, 1.165) is 51.9 Å². The molecule has 7 nitrogen and oxygen atoms in total. The third-order valence-corrected chi connectivity index (χ3v) is 5.04. The predicted octanol–water partition coefficient (Wildman–Crippen LogP) is 0.353. The van der Waals surface area contributed by atoms with Gasteiger partial charge in [-0.1, -0.05) is 12.8 Å². The fraction of sp³-hybridized carbons (Fsp3) is 0.833. The zero-order valence-electron chi connectivity index (χ0n) is 15.4. The Bertz CT molecular complexity index is 453. The van der Waals surface area contributed by atoms with Crippen LogP contribution in [0.25, 0.3) is 0 Å². The van der Waals surface area contributed by atoms with Crippen LogP contribution in [0.4, 0.5) is 0 Å². The van der Waals surface area contributed by atoms with Crippen molar-refractivity contribution in [3.63, 3.8) is 0 Å². The van der Waals surface area contributed by atoms with Crippen molar-refractivity contribution in [2.45, 2.75) is 45.4 Å². The van der Waals surface area contributed by atoms with Crippen molar-refractivity contribution < 1.29 is 14.4 Å². The highest BCUT2D eigenvalue weighted by Crippen LogP contribution is 2.21. The molecule has 2 aliphatic heterocycles. The summed E-state index contributed by atoms with van der Waals surface area (Å²) in [5.74, 6) is 0.325. The minimum absolute atomic E-state index is 0.0253. The summed E-state index contributed by atoms with van der Waals surface area (Å²) in [4.78, 5) is 39.5. The summed E-state index contributed by atoms with van der Waals surface area (Å²) >= 11 is 0. The van der Waals surface area contributed by atoms with E-state index in [1.165, 1.54) is 19.8 Å². The maximum atomic E-state index is 12.7. The molecule has 0 saturated carbocycles. The highest BCUT2D eigenvalue weighted by atomic mass is 16.2. The van der Waals surface area contributed by atoms with Gasteiger partial charge < -0.3 is 15.5 Å². The van der Waals surface area contributed by atoms with Crippen molar-refractivity contribution in [1.29, 1.82) is 0 Å². The molecular formula is C18H32N4O3. The fourth-order valence-electron chi connectivity index (χ4n) is 3.59. The first-order valence-electron chi connectivity index (χ1n) is 9.58. The highest BCUT2D eigenvalue weighted by Gasteiger charge is 2.29. The third-order valence-electron chi connectivity index (χ3n) is 5.04. The van der Waals surface area contributed by atoms with E-state index in [1.54, 1.807) is 0 Å². The Hall–Kier alpha value is -1.63. The number of hydrogen-bond donors (Lipinski definition) is 2. The molecule has 0 bridgehead atoms. The molecule has 2 fully saturated rings. The van der Waals surface area contributed by atoms with Gasteiger partial charge in [0.25, 0.3) is 0 Å². The molecule has 0 spiro atoms. The van der Waals surface area contributed by atoms with Gasteiger partial charge in [0.05, 0.1) is 6.54 Å². The number of rotatable bonds is 6. The Labute approximate surface area is 150 Å². The first-order valence-corrected chi connectivity index (χ1v) is 9.58. The molecule has 0 aromatic heterocycles. The Morgan fingerprint density at radius 1 is 0.880 bits per heavy atom. The van der Waals surface area contributed by atoms with E-state index in [2.05, 4.69) is 20.4 Å². The molecule has 7 heteroatoms. The number of carbonyl (C=O) groups is 3. The van der Waals surface area contributed by atoms with Crippen LogP contribution in [0.1, 0.15) is 45.4 Å². The van der Waals surface area contributed by atoms with Gasteiger partial charge in [-0.25, -0.2) is 0 Å². The van der Waals surface area contributed by atoms with E-state index in [9.17, 15) is 14.4 Å². The van der Waals surface area contributed by atoms with Crippen LogP contribution >= 0.6 is 0 Å². The molecule has 2 rings (SSSR count). The van der Waals surface area contributed by atoms with Crippen LogP contribution < -0.4 is 10.6 Å². The van der Waals surface area contributed by atoms with Gasteiger partial charge in [0.15, 0.2) is 0 Å². The minimum Gasteiger partial charge on any atom is -0.355 e. The number of piperidine rings is 1. The average molecular weight is 352 g/mol. The number of nitrogens with one attached hydrogen (secondary N) is 2. The molecule has 0 radical (unpaired) electrons. The molecule has 25 heavy (non-hydrogen) atoms. The van der Waals surface area contributed by atoms with Crippen LogP contribution in [0, 0.1) is 5.92 Å². The second kappa shape index (κ2) is 10.4. The number of hydrogen-bond acceptors (Lipinski definition) is 4. The number of carbonyl (C=O) groups excluding carboxylic acids is 3. The minimum atomic E-state index is -0.0922. The van der Waals surface area contributed by atoms with Crippen molar-refractivity contribution in [2.75, 3.05) is 45.8 Å². The molecule has 0 atom stereocenters. The van der Waals surface area contributed by atoms with Gasteiger partial charge in [0, 0.05) is 39.0 Å². The van der Waals surface area contributed by atoms with Gasteiger partial charge >= 0.3 is 0 Å². The standard InChI is InChI=1S/C18H32N4O3/c1-15(23)19-8-9-20-17(24)14-21-12-6-16(7-13-21)18(25)22-10-4-2-3-5-11-22/h16H,2-14H2,1H3,(H,19,23)(H,20,24). The average Bonchev–Trinajstić information content (AvgIpc) is 2.88. The van der Waals surface area contributed by atoms with Crippen LogP contribution in [0.3, 0.4) is 0 Å². The summed E-state index contributed by atoms with van der Waals surface area (Å²) in [5.41, 5.74) is 0. The zero-order valence-corrected chi connectivity index (χ0v) is 15.4. The van der Waals surface area contributed by atoms with E-state index >= 15 is 0 Å². The van der Waals surface area contributed by atoms with Crippen molar-refractivity contribution in [1.82, 2.24) is 20.4 Å². The Morgan fingerprint density at radius 2 is 1.48 bits per heavy atom. The molecule has 0 aliphatic carbocycles. The Balaban J connectivity index is 1.64. The van der Waals surface area contributed by atoms with E-state index < -0.39 is 0 Å². The molecule has 2 saturated heterocycles. The summed E-state index contributed by atoms with van der Waals surface area (Å²) in [7, 11) is 0. The number of amides is 3. The molecule has 3 amide bonds. The first kappa shape index (κ1) is 19.7. The van der Waals surface area contributed by atoms with Gasteiger partial charge in [0.1, 0.15) is 0 Å². The lowest BCUT2D eigenvalue weighted by molar-refractivity contribution is -0.137. The second-order valence-electron chi connectivity index (χ2n) is 7.12. The van der Waals surface area contributed by atoms with E-state index in [0.29, 0.717) is 25.5 Å². The monoisotopic (exact) mass is 352 g/mol. The number of nitrogens with zero attached hydrogens (tertiary/aromatic N) is 2. The summed E-state index contributed by atoms with van der Waals surface area (Å²) in [6.07, 6.45) is 6.41. The molecular weight excluding hydrogens is 320 g/mol. The van der Waals surface area contributed by atoms with Gasteiger partial charge in [-0.2, -0.15) is 0 Å². The quantitative estimate of drug-likeness (QED) is 0.676. The van der Waals surface area contributed by atoms with Gasteiger partial charge in [0.2, 0.25) is 17.7 Å². The SMILES string of the molecule is CC(=O)NCCNC(=O)CN1CCC(C(=O)N2CCCCCC2)CC1. The molecule has 0 aromatic rings. The second-order valence-corrected chi connectivity index (χ2v) is 7.12. The molecule has 2 N–H and O–H groups in total. The van der Waals surface area contributed by atoms with Crippen LogP contribution in [0.2, 0.25) is 0 Å². The molecule has 0 aromatic carbocycles. The van der Waals surface area contributed by atoms with Gasteiger partial charge in [-0.3, -0.25) is 19.3 Å². The Morgan fingerprint density at radius 3 is 2.08 bits per heavy atom. The van der Waals surface area contributed by atoms with E-state index in [1.807, 2.05) is 0 Å². The molecule has 142 valence electrons. The topological polar surface area (TPSA) is 81.8 Å². The van der Waals surface area contributed by atoms with E-state index in [-0.39, 0.29) is 17.7 Å². The van der Waals surface area contributed by atoms with E-state index in [4.69, 9.17) is 0 Å². The predicted molar refractivity (Wildman–Crippen MR) is 95.9 cm³/mol. The summed E-state index contributed by atoms with van der Waals surface area (Å²) in [6.45, 7) is 6.14. The highest BCUT2D eigenvalue weighted by molar-refractivity contribution is 5.79. The lowest BCUT2D eigenvalue weighted by atomic mass is 9.95. The third kappa shape index (κ3) is 7.02. The van der Waals surface area contributed by atoms with Gasteiger partial charge in [-0.15, -0.1) is 0 Å². The molecule has 2 aliphatic rings. The van der Waals surface area contributed by atoms with Crippen LogP contribution in [0.15, 0.2) is 0 Å². The maximum absolute atomic E-state index is 12.7. The summed E-state index contributed by atoms with van der Waals surface area (Å²) in [5, 5.41) is 5.46. The molecule has 0 unspecified atom stereocenters. The zero-order chi connectivity index (χ0) is 18.1. The maximum Gasteiger partial charge on any atom is 0.234 e. The van der Waals surface area contributed by atoms with Crippen molar-refractivity contribution in [2.24, 2.45) is 5.92 Å². The lowest BCUT2D eigenvalue weighted by Crippen LogP contribution is -2.46. The van der Waals surface area contributed by atoms with Crippen LogP contribution in [0.5, 0.6) is 0 Å².